The Morgan fingerprint density at radius 3 is 0.824 bits per heavy atom. The van der Waals surface area contributed by atoms with E-state index >= 15 is 0 Å². The van der Waals surface area contributed by atoms with E-state index in [1.54, 1.807) is 154 Å². The third-order valence-electron chi connectivity index (χ3n) is 29.8. The Morgan fingerprint density at radius 1 is 0.297 bits per heavy atom. The minimum atomic E-state index is -1.54. The molecule has 0 aromatic rings. The molecule has 74 heavy (non-hydrogen) atoms. The lowest BCUT2D eigenvalue weighted by Crippen LogP contribution is -2.48. The largest absolute Gasteiger partial charge is 0.0689 e. The molecule has 0 spiro atoms. The highest BCUT2D eigenvalue weighted by Gasteiger charge is 2.63. The molecule has 0 saturated heterocycles. The molecule has 0 N–H and O–H groups in total. The number of hydrogen-bond acceptors (Lipinski definition) is 0. The summed E-state index contributed by atoms with van der Waals surface area (Å²) in [5.41, 5.74) is 5.42. The molecule has 11 rings (SSSR count). The molecule has 0 aromatic heterocycles. The summed E-state index contributed by atoms with van der Waals surface area (Å²) < 4.78 is 0. The van der Waals surface area contributed by atoms with Gasteiger partial charge in [-0.2, -0.15) is 0 Å². The highest BCUT2D eigenvalue weighted by molar-refractivity contribution is 6.81. The molecule has 0 nitrogen and oxygen atoms in total. The molecule has 11 fully saturated rings. The highest BCUT2D eigenvalue weighted by Crippen LogP contribution is 2.71. The molecule has 20 unspecified atom stereocenters. The van der Waals surface area contributed by atoms with E-state index < -0.39 is 16.1 Å². The average Bonchev–Trinajstić information content (AvgIpc) is 4.13. The lowest BCUT2D eigenvalue weighted by atomic mass is 9.60. The maximum absolute atomic E-state index is 3.05. The summed E-state index contributed by atoms with van der Waals surface area (Å²) in [6, 6.07) is 0. The molecular formula is C72H128Si2. The smallest absolute Gasteiger partial charge is 0.0547 e. The van der Waals surface area contributed by atoms with E-state index in [-0.39, 0.29) is 0 Å². The Kier molecular flexibility index (Phi) is 16.5. The molecule has 0 bridgehead atoms. The zero-order chi connectivity index (χ0) is 52.4. The van der Waals surface area contributed by atoms with Crippen LogP contribution in [0.15, 0.2) is 0 Å². The predicted molar refractivity (Wildman–Crippen MR) is 327 cm³/mol. The fourth-order valence-corrected chi connectivity index (χ4v) is 40.9. The van der Waals surface area contributed by atoms with Gasteiger partial charge in [-0.1, -0.05) is 154 Å². The van der Waals surface area contributed by atoms with Crippen molar-refractivity contribution in [3.05, 3.63) is 0 Å². The Labute approximate surface area is 464 Å². The van der Waals surface area contributed by atoms with Gasteiger partial charge in [-0.15, -0.1) is 0 Å². The van der Waals surface area contributed by atoms with E-state index in [0.29, 0.717) is 10.8 Å². The van der Waals surface area contributed by atoms with Crippen molar-refractivity contribution in [1.29, 1.82) is 0 Å². The second-order valence-electron chi connectivity index (χ2n) is 35.8. The SMILES string of the molecule is CC(C)C1CC2C(C3CCC(C4CCCC5C4CC(C)C5[Si](C)(C)C4C(C)CC5C(C6CCC(C(C)(C)C)CC6)CCCC54)CC3)CCCC2C1[Si](C)(C)C1C(C)CC2C(C3CCC(C(C)(C)C)CC3)CCCC21. The van der Waals surface area contributed by atoms with Gasteiger partial charge in [0.1, 0.15) is 0 Å². The van der Waals surface area contributed by atoms with Crippen LogP contribution in [0.25, 0.3) is 0 Å². The fraction of sp³-hybridized carbons (Fsp3) is 1.00. The zero-order valence-corrected chi connectivity index (χ0v) is 54.4. The van der Waals surface area contributed by atoms with E-state index in [1.165, 1.54) is 25.7 Å². The van der Waals surface area contributed by atoms with Crippen LogP contribution in [0.3, 0.4) is 0 Å². The minimum Gasteiger partial charge on any atom is -0.0689 e. The first-order valence-electron chi connectivity index (χ1n) is 35.0. The third kappa shape index (κ3) is 10.2. The van der Waals surface area contributed by atoms with Gasteiger partial charge in [0.15, 0.2) is 0 Å². The molecule has 20 atom stereocenters. The van der Waals surface area contributed by atoms with Crippen LogP contribution in [0.4, 0.5) is 0 Å². The van der Waals surface area contributed by atoms with Gasteiger partial charge in [-0.25, -0.2) is 0 Å². The van der Waals surface area contributed by atoms with Gasteiger partial charge >= 0.3 is 0 Å². The van der Waals surface area contributed by atoms with Crippen LogP contribution in [0.2, 0.25) is 48.4 Å². The standard InChI is InChI=1S/C72H128Si2/c1-44(2)62-43-66-57(23-19-27-61(66)70(62)74(14,15)69-47(5)42-65-56(22-18-26-60(65)69)51-34-38-53(39-35-51)72(9,10)11)49-30-28-48(29-31-49)54-20-16-24-58-63(54)40-45(3)67(58)73(12,13)68-46(4)41-64-55(21-17-25-59(64)68)50-32-36-52(37-33-50)71(6,7)8/h44-70H,16-43H2,1-15H3. The normalized spacial score (nSPS) is 50.6. The molecule has 11 aliphatic rings. The van der Waals surface area contributed by atoms with Gasteiger partial charge < -0.3 is 0 Å². The van der Waals surface area contributed by atoms with Gasteiger partial charge in [-0.3, -0.25) is 0 Å². The lowest BCUT2D eigenvalue weighted by molar-refractivity contribution is 0.0471. The van der Waals surface area contributed by atoms with E-state index in [1.807, 2.05) is 0 Å². The van der Waals surface area contributed by atoms with Crippen LogP contribution in [0.1, 0.15) is 256 Å². The van der Waals surface area contributed by atoms with Crippen molar-refractivity contribution < 1.29 is 0 Å². The van der Waals surface area contributed by atoms with Crippen LogP contribution >= 0.6 is 0 Å². The van der Waals surface area contributed by atoms with Crippen LogP contribution < -0.4 is 0 Å². The zero-order valence-electron chi connectivity index (χ0n) is 52.4. The first-order chi connectivity index (χ1) is 35.0. The van der Waals surface area contributed by atoms with Crippen molar-refractivity contribution in [2.75, 3.05) is 0 Å². The number of rotatable bonds is 9. The summed E-state index contributed by atoms with van der Waals surface area (Å²) in [4.78, 5) is 0. The van der Waals surface area contributed by atoms with Gasteiger partial charge in [0.25, 0.3) is 0 Å². The Hall–Kier alpha value is 0.434. The molecule has 0 radical (unpaired) electrons. The third-order valence-corrected chi connectivity index (χ3v) is 40.6. The molecule has 11 saturated carbocycles. The van der Waals surface area contributed by atoms with Crippen molar-refractivity contribution in [1.82, 2.24) is 0 Å². The number of fused-ring (bicyclic) bond motifs is 4. The van der Waals surface area contributed by atoms with Gasteiger partial charge in [0.2, 0.25) is 0 Å². The predicted octanol–water partition coefficient (Wildman–Crippen LogP) is 22.3. The summed E-state index contributed by atoms with van der Waals surface area (Å²) in [5.74, 6) is 23.9. The van der Waals surface area contributed by atoms with Crippen LogP contribution in [-0.2, 0) is 0 Å². The van der Waals surface area contributed by atoms with Gasteiger partial charge in [0, 0.05) is 0 Å². The fourth-order valence-electron chi connectivity index (χ4n) is 27.6. The van der Waals surface area contributed by atoms with Crippen molar-refractivity contribution in [2.24, 2.45) is 147 Å². The minimum absolute atomic E-state index is 0.505. The van der Waals surface area contributed by atoms with E-state index in [4.69, 9.17) is 0 Å². The van der Waals surface area contributed by atoms with Crippen LogP contribution in [-0.4, -0.2) is 16.1 Å². The second-order valence-corrected chi connectivity index (χ2v) is 45.8. The van der Waals surface area contributed by atoms with Crippen LogP contribution in [0, 0.1) is 147 Å². The Balaban J connectivity index is 0.731. The average molecular weight is 1050 g/mol. The molecule has 0 heterocycles. The molecule has 0 aromatic carbocycles. The van der Waals surface area contributed by atoms with Crippen LogP contribution in [0.5, 0.6) is 0 Å². The quantitative estimate of drug-likeness (QED) is 0.202. The first-order valence-corrected chi connectivity index (χ1v) is 41.4. The maximum Gasteiger partial charge on any atom is 0.0547 e. The molecule has 2 heteroatoms. The summed E-state index contributed by atoms with van der Waals surface area (Å²) >= 11 is 0. The van der Waals surface area contributed by atoms with E-state index in [0.717, 1.165) is 158 Å². The van der Waals surface area contributed by atoms with E-state index in [9.17, 15) is 0 Å². The van der Waals surface area contributed by atoms with E-state index in [2.05, 4.69) is 102 Å². The highest BCUT2D eigenvalue weighted by atomic mass is 28.3. The second kappa shape index (κ2) is 21.6. The van der Waals surface area contributed by atoms with Crippen molar-refractivity contribution in [3.8, 4) is 0 Å². The summed E-state index contributed by atoms with van der Waals surface area (Å²) in [7, 11) is -3.03. The molecular weight excluding hydrogens is 921 g/mol. The first kappa shape index (κ1) is 56.3. The Morgan fingerprint density at radius 2 is 0.541 bits per heavy atom. The monoisotopic (exact) mass is 1050 g/mol. The van der Waals surface area contributed by atoms with Gasteiger partial charge in [0.05, 0.1) is 16.1 Å². The Bertz CT molecular complexity index is 1840. The number of hydrogen-bond donors (Lipinski definition) is 0. The maximum atomic E-state index is 3.05. The molecule has 0 amide bonds. The topological polar surface area (TPSA) is 0 Å². The van der Waals surface area contributed by atoms with Crippen molar-refractivity contribution in [3.63, 3.8) is 0 Å². The molecule has 11 aliphatic carbocycles. The van der Waals surface area contributed by atoms with Gasteiger partial charge in [-0.05, 0) is 298 Å². The molecule has 0 aliphatic heterocycles. The van der Waals surface area contributed by atoms with Crippen molar-refractivity contribution >= 4 is 16.1 Å². The summed E-state index contributed by atoms with van der Waals surface area (Å²) in [6.45, 7) is 41.2. The van der Waals surface area contributed by atoms with Crippen molar-refractivity contribution in [2.45, 2.75) is 304 Å². The lowest BCUT2D eigenvalue weighted by Gasteiger charge is -2.51. The summed E-state index contributed by atoms with van der Waals surface area (Å²) in [5, 5.41) is 0. The summed E-state index contributed by atoms with van der Waals surface area (Å²) in [6.07, 6.45) is 44.4. The molecule has 424 valence electrons.